The molecule has 1 aliphatic heterocycles. The van der Waals surface area contributed by atoms with Gasteiger partial charge in [-0.3, -0.25) is 4.79 Å². The molecule has 8 heteroatoms. The number of hydrogen-bond acceptors (Lipinski definition) is 3. The molecule has 0 atom stereocenters. The molecule has 2 N–H and O–H groups in total. The minimum Gasteiger partial charge on any atom is -0.357 e. The number of guanidine groups is 1. The minimum absolute atomic E-state index is 0. The second-order valence-corrected chi connectivity index (χ2v) is 6.26. The maximum absolute atomic E-state index is 12.1. The first kappa shape index (κ1) is 20.5. The zero-order valence-electron chi connectivity index (χ0n) is 15.4. The lowest BCUT2D eigenvalue weighted by Crippen LogP contribution is -2.44. The van der Waals surface area contributed by atoms with Crippen LogP contribution in [-0.4, -0.2) is 52.3 Å². The van der Waals surface area contributed by atoms with Gasteiger partial charge in [-0.25, -0.2) is 9.98 Å². The fraction of sp³-hybridized carbons (Fsp3) is 0.500. The van der Waals surface area contributed by atoms with Gasteiger partial charge in [-0.05, 0) is 38.8 Å². The number of fused-ring (bicyclic) bond motifs is 1. The molecule has 0 unspecified atom stereocenters. The number of pyridine rings is 1. The molecule has 0 saturated carbocycles. The van der Waals surface area contributed by atoms with Crippen molar-refractivity contribution in [3.63, 3.8) is 0 Å². The summed E-state index contributed by atoms with van der Waals surface area (Å²) in [6.07, 6.45) is 4.22. The predicted molar refractivity (Wildman–Crippen MR) is 114 cm³/mol. The number of imidazole rings is 1. The second-order valence-electron chi connectivity index (χ2n) is 6.26. The fourth-order valence-corrected chi connectivity index (χ4v) is 3.01. The molecule has 3 heterocycles. The number of carbonyl (C=O) groups is 1. The van der Waals surface area contributed by atoms with Gasteiger partial charge in [0.25, 0.3) is 0 Å². The predicted octanol–water partition coefficient (Wildman–Crippen LogP) is 1.94. The van der Waals surface area contributed by atoms with Crippen LogP contribution in [0.15, 0.2) is 29.4 Å². The first-order chi connectivity index (χ1) is 12.2. The normalized spacial score (nSPS) is 14.4. The fourth-order valence-electron chi connectivity index (χ4n) is 3.01. The van der Waals surface area contributed by atoms with Gasteiger partial charge < -0.3 is 19.9 Å². The molecular formula is C18H27IN6O. The van der Waals surface area contributed by atoms with Crippen molar-refractivity contribution >= 4 is 41.5 Å². The lowest BCUT2D eigenvalue weighted by molar-refractivity contribution is -0.128. The standard InChI is InChI=1S/C18H26N6O.HI/c1-3-19-18(21-12-17(25)23-9-4-5-10-23)20-11-15-13-24-14(2)7-6-8-16(24)22-15;/h6-8,13H,3-5,9-12H2,1-2H3,(H2,19,20,21);1H. The van der Waals surface area contributed by atoms with Crippen molar-refractivity contribution in [3.05, 3.63) is 35.8 Å². The Morgan fingerprint density at radius 3 is 2.73 bits per heavy atom. The molecule has 1 fully saturated rings. The Balaban J connectivity index is 0.00000243. The zero-order valence-corrected chi connectivity index (χ0v) is 17.7. The van der Waals surface area contributed by atoms with E-state index in [1.807, 2.05) is 30.2 Å². The van der Waals surface area contributed by atoms with Crippen LogP contribution in [0.3, 0.4) is 0 Å². The zero-order chi connectivity index (χ0) is 17.6. The van der Waals surface area contributed by atoms with E-state index in [0.717, 1.165) is 49.5 Å². The minimum atomic E-state index is 0. The molecule has 3 rings (SSSR count). The number of nitrogens with one attached hydrogen (secondary N) is 2. The summed E-state index contributed by atoms with van der Waals surface area (Å²) in [5.74, 6) is 0.773. The van der Waals surface area contributed by atoms with E-state index in [0.29, 0.717) is 12.5 Å². The number of carbonyl (C=O) groups excluding carboxylic acids is 1. The van der Waals surface area contributed by atoms with E-state index in [1.54, 1.807) is 0 Å². The van der Waals surface area contributed by atoms with Crippen molar-refractivity contribution in [2.24, 2.45) is 4.99 Å². The summed E-state index contributed by atoms with van der Waals surface area (Å²) in [6, 6.07) is 6.04. The first-order valence-electron chi connectivity index (χ1n) is 8.91. The number of nitrogens with zero attached hydrogens (tertiary/aromatic N) is 4. The molecule has 0 aromatic carbocycles. The molecule has 142 valence electrons. The van der Waals surface area contributed by atoms with Crippen molar-refractivity contribution in [2.75, 3.05) is 26.2 Å². The SMILES string of the molecule is CCNC(=NCc1cn2c(C)cccc2n1)NCC(=O)N1CCCC1.I. The molecule has 26 heavy (non-hydrogen) atoms. The van der Waals surface area contributed by atoms with Gasteiger partial charge in [-0.1, -0.05) is 6.07 Å². The Morgan fingerprint density at radius 1 is 1.27 bits per heavy atom. The van der Waals surface area contributed by atoms with Crippen molar-refractivity contribution in [3.8, 4) is 0 Å². The number of halogens is 1. The van der Waals surface area contributed by atoms with Crippen LogP contribution in [-0.2, 0) is 11.3 Å². The van der Waals surface area contributed by atoms with Gasteiger partial charge in [0.2, 0.25) is 5.91 Å². The number of hydrogen-bond donors (Lipinski definition) is 2. The van der Waals surface area contributed by atoms with E-state index < -0.39 is 0 Å². The second kappa shape index (κ2) is 9.75. The topological polar surface area (TPSA) is 74.0 Å². The van der Waals surface area contributed by atoms with Gasteiger partial charge in [0.1, 0.15) is 5.65 Å². The maximum Gasteiger partial charge on any atom is 0.241 e. The van der Waals surface area contributed by atoms with Gasteiger partial charge in [0.05, 0.1) is 18.8 Å². The van der Waals surface area contributed by atoms with Crippen LogP contribution in [0.25, 0.3) is 5.65 Å². The maximum atomic E-state index is 12.1. The van der Waals surface area contributed by atoms with E-state index in [2.05, 4.69) is 38.0 Å². The summed E-state index contributed by atoms with van der Waals surface area (Å²) < 4.78 is 2.06. The molecule has 0 radical (unpaired) electrons. The summed E-state index contributed by atoms with van der Waals surface area (Å²) in [5.41, 5.74) is 2.96. The highest BCUT2D eigenvalue weighted by molar-refractivity contribution is 14.0. The van der Waals surface area contributed by atoms with Gasteiger partial charge in [0.15, 0.2) is 5.96 Å². The molecular weight excluding hydrogens is 443 g/mol. The number of aromatic nitrogens is 2. The molecule has 1 aliphatic rings. The quantitative estimate of drug-likeness (QED) is 0.398. The van der Waals surface area contributed by atoms with E-state index in [4.69, 9.17) is 0 Å². The Bertz CT molecular complexity index is 766. The smallest absolute Gasteiger partial charge is 0.241 e. The lowest BCUT2D eigenvalue weighted by atomic mass is 10.4. The summed E-state index contributed by atoms with van der Waals surface area (Å²) in [5, 5.41) is 6.30. The highest BCUT2D eigenvalue weighted by Gasteiger charge is 2.17. The van der Waals surface area contributed by atoms with Gasteiger partial charge in [0, 0.05) is 31.5 Å². The first-order valence-corrected chi connectivity index (χ1v) is 8.91. The summed E-state index contributed by atoms with van der Waals surface area (Å²) >= 11 is 0. The van der Waals surface area contributed by atoms with Crippen LogP contribution in [0.5, 0.6) is 0 Å². The van der Waals surface area contributed by atoms with Crippen LogP contribution >= 0.6 is 24.0 Å². The monoisotopic (exact) mass is 470 g/mol. The summed E-state index contributed by atoms with van der Waals surface area (Å²) in [4.78, 5) is 23.2. The largest absolute Gasteiger partial charge is 0.357 e. The molecule has 1 saturated heterocycles. The van der Waals surface area contributed by atoms with Crippen molar-refractivity contribution in [1.82, 2.24) is 24.9 Å². The van der Waals surface area contributed by atoms with Crippen LogP contribution < -0.4 is 10.6 Å². The van der Waals surface area contributed by atoms with Crippen LogP contribution in [0.1, 0.15) is 31.2 Å². The average Bonchev–Trinajstić information content (AvgIpc) is 3.27. The van der Waals surface area contributed by atoms with Crippen molar-refractivity contribution in [1.29, 1.82) is 0 Å². The van der Waals surface area contributed by atoms with Gasteiger partial charge >= 0.3 is 0 Å². The average molecular weight is 470 g/mol. The van der Waals surface area contributed by atoms with Crippen LogP contribution in [0, 0.1) is 6.92 Å². The summed E-state index contributed by atoms with van der Waals surface area (Å²) in [7, 11) is 0. The van der Waals surface area contributed by atoms with Gasteiger partial charge in [-0.15, -0.1) is 24.0 Å². The molecule has 7 nitrogen and oxygen atoms in total. The molecule has 0 spiro atoms. The van der Waals surface area contributed by atoms with Crippen molar-refractivity contribution in [2.45, 2.75) is 33.2 Å². The molecule has 0 bridgehead atoms. The van der Waals surface area contributed by atoms with E-state index in [1.165, 1.54) is 0 Å². The Labute approximate surface area is 171 Å². The van der Waals surface area contributed by atoms with E-state index >= 15 is 0 Å². The number of amides is 1. The number of aryl methyl sites for hydroxylation is 1. The third-order valence-corrected chi connectivity index (χ3v) is 4.36. The van der Waals surface area contributed by atoms with E-state index in [-0.39, 0.29) is 36.4 Å². The highest BCUT2D eigenvalue weighted by Crippen LogP contribution is 2.09. The Hall–Kier alpha value is -1.84. The van der Waals surface area contributed by atoms with Crippen molar-refractivity contribution < 1.29 is 4.79 Å². The highest BCUT2D eigenvalue weighted by atomic mass is 127. The lowest BCUT2D eigenvalue weighted by Gasteiger charge is -2.17. The molecule has 2 aromatic heterocycles. The Kier molecular flexibility index (Phi) is 7.67. The Morgan fingerprint density at radius 2 is 2.04 bits per heavy atom. The number of rotatable bonds is 5. The number of aliphatic imine (C=N–C) groups is 1. The van der Waals surface area contributed by atoms with E-state index in [9.17, 15) is 4.79 Å². The molecule has 0 aliphatic carbocycles. The van der Waals surface area contributed by atoms with Crippen LogP contribution in [0.2, 0.25) is 0 Å². The summed E-state index contributed by atoms with van der Waals surface area (Å²) in [6.45, 7) is 7.28. The molecule has 1 amide bonds. The van der Waals surface area contributed by atoms with Gasteiger partial charge in [-0.2, -0.15) is 0 Å². The third-order valence-electron chi connectivity index (χ3n) is 4.36. The molecule has 2 aromatic rings. The van der Waals surface area contributed by atoms with Crippen LogP contribution in [0.4, 0.5) is 0 Å². The third kappa shape index (κ3) is 5.09. The number of likely N-dealkylation sites (tertiary alicyclic amines) is 1.